The second-order valence-corrected chi connectivity index (χ2v) is 9.02. The van der Waals surface area contributed by atoms with Crippen molar-refractivity contribution < 1.29 is 14.3 Å². The molecule has 0 saturated heterocycles. The van der Waals surface area contributed by atoms with Gasteiger partial charge in [0.25, 0.3) is 0 Å². The number of rotatable bonds is 12. The number of aromatic nitrogens is 1. The summed E-state index contributed by atoms with van der Waals surface area (Å²) >= 11 is 2.98. The molecule has 0 saturated carbocycles. The van der Waals surface area contributed by atoms with Crippen molar-refractivity contribution in [2.75, 3.05) is 33.5 Å². The van der Waals surface area contributed by atoms with Crippen molar-refractivity contribution >= 4 is 34.9 Å². The lowest BCUT2D eigenvalue weighted by Gasteiger charge is -2.09. The van der Waals surface area contributed by atoms with Gasteiger partial charge in [-0.2, -0.15) is 0 Å². The maximum absolute atomic E-state index is 12.9. The molecule has 0 unspecified atom stereocenters. The first-order chi connectivity index (χ1) is 13.5. The summed E-state index contributed by atoms with van der Waals surface area (Å²) in [6, 6.07) is 7.21. The molecule has 152 valence electrons. The van der Waals surface area contributed by atoms with E-state index in [1.807, 2.05) is 12.1 Å². The minimum absolute atomic E-state index is 0.0392. The molecule has 0 aliphatic heterocycles. The van der Waals surface area contributed by atoms with Gasteiger partial charge in [-0.05, 0) is 63.5 Å². The minimum atomic E-state index is -0.302. The van der Waals surface area contributed by atoms with E-state index in [2.05, 4.69) is 28.7 Å². The summed E-state index contributed by atoms with van der Waals surface area (Å²) in [6.07, 6.45) is 6.68. The average Bonchev–Trinajstić information content (AvgIpc) is 3.15. The van der Waals surface area contributed by atoms with Crippen molar-refractivity contribution in [1.29, 1.82) is 0 Å². The molecule has 28 heavy (non-hydrogen) atoms. The highest BCUT2D eigenvalue weighted by atomic mass is 32.2. The maximum atomic E-state index is 12.9. The van der Waals surface area contributed by atoms with Crippen LogP contribution in [0.3, 0.4) is 0 Å². The first kappa shape index (κ1) is 22.6. The predicted molar refractivity (Wildman–Crippen MR) is 115 cm³/mol. The summed E-state index contributed by atoms with van der Waals surface area (Å²) in [5, 5.41) is 0.781. The van der Waals surface area contributed by atoms with E-state index in [1.54, 1.807) is 30.1 Å². The quantitative estimate of drug-likeness (QED) is 0.221. The summed E-state index contributed by atoms with van der Waals surface area (Å²) in [6.45, 7) is 1.13. The number of esters is 1. The van der Waals surface area contributed by atoms with Gasteiger partial charge in [-0.25, -0.2) is 4.98 Å². The number of carbonyl (C=O) groups is 2. The van der Waals surface area contributed by atoms with Gasteiger partial charge in [-0.15, -0.1) is 23.1 Å². The molecule has 0 fully saturated rings. The van der Waals surface area contributed by atoms with E-state index in [4.69, 9.17) is 0 Å². The van der Waals surface area contributed by atoms with Crippen molar-refractivity contribution in [2.24, 2.45) is 0 Å². The molecule has 2 aromatic heterocycles. The van der Waals surface area contributed by atoms with Crippen LogP contribution in [-0.4, -0.2) is 55.1 Å². The Labute approximate surface area is 175 Å². The standard InChI is InChI=1S/C21H28N2O3S2/c1-23(2)13-6-4-5-7-14-27-21-17(9-8-12-22-21)20(25)18-11-10-16(28-18)15-19(24)26-3/h8-12H,4-7,13-15H2,1-3H3. The molecule has 0 amide bonds. The third kappa shape index (κ3) is 7.37. The van der Waals surface area contributed by atoms with E-state index in [0.717, 1.165) is 28.6 Å². The number of hydrogen-bond acceptors (Lipinski definition) is 7. The highest BCUT2D eigenvalue weighted by molar-refractivity contribution is 7.99. The Bertz CT molecular complexity index is 775. The molecule has 7 heteroatoms. The van der Waals surface area contributed by atoms with Crippen LogP contribution in [0.2, 0.25) is 0 Å². The Morgan fingerprint density at radius 3 is 2.68 bits per heavy atom. The van der Waals surface area contributed by atoms with Crippen LogP contribution in [0.1, 0.15) is 45.8 Å². The van der Waals surface area contributed by atoms with Gasteiger partial charge in [0.05, 0.1) is 24.0 Å². The van der Waals surface area contributed by atoms with E-state index in [1.165, 1.54) is 37.7 Å². The van der Waals surface area contributed by atoms with Crippen LogP contribution >= 0.6 is 23.1 Å². The maximum Gasteiger partial charge on any atom is 0.310 e. The van der Waals surface area contributed by atoms with Crippen LogP contribution < -0.4 is 0 Å². The smallest absolute Gasteiger partial charge is 0.310 e. The Balaban J connectivity index is 1.90. The molecule has 0 radical (unpaired) electrons. The number of thiophene rings is 1. The van der Waals surface area contributed by atoms with Gasteiger partial charge in [0, 0.05) is 11.1 Å². The van der Waals surface area contributed by atoms with Crippen molar-refractivity contribution in [1.82, 2.24) is 9.88 Å². The Kier molecular flexibility index (Phi) is 9.67. The zero-order valence-electron chi connectivity index (χ0n) is 16.8. The first-order valence-corrected chi connectivity index (χ1v) is 11.2. The summed E-state index contributed by atoms with van der Waals surface area (Å²) in [7, 11) is 5.56. The number of nitrogens with zero attached hydrogens (tertiary/aromatic N) is 2. The molecule has 0 aliphatic rings. The van der Waals surface area contributed by atoms with Crippen LogP contribution in [-0.2, 0) is 16.0 Å². The number of unbranched alkanes of at least 4 members (excludes halogenated alkanes) is 3. The monoisotopic (exact) mass is 420 g/mol. The van der Waals surface area contributed by atoms with Crippen molar-refractivity contribution in [3.8, 4) is 0 Å². The lowest BCUT2D eigenvalue weighted by atomic mass is 10.1. The first-order valence-electron chi connectivity index (χ1n) is 9.44. The van der Waals surface area contributed by atoms with Crippen LogP contribution in [0.25, 0.3) is 0 Å². The van der Waals surface area contributed by atoms with E-state index >= 15 is 0 Å². The third-order valence-electron chi connectivity index (χ3n) is 4.19. The SMILES string of the molecule is COC(=O)Cc1ccc(C(=O)c2cccnc2SCCCCCCN(C)C)s1. The van der Waals surface area contributed by atoms with Gasteiger partial charge in [-0.3, -0.25) is 9.59 Å². The van der Waals surface area contributed by atoms with Crippen molar-refractivity contribution in [3.63, 3.8) is 0 Å². The van der Waals surface area contributed by atoms with Gasteiger partial charge in [0.2, 0.25) is 5.78 Å². The number of ether oxygens (including phenoxy) is 1. The Hall–Kier alpha value is -1.70. The second kappa shape index (κ2) is 12.0. The molecule has 0 aromatic carbocycles. The normalized spacial score (nSPS) is 11.0. The predicted octanol–water partition coefficient (Wildman–Crippen LogP) is 4.30. The fourth-order valence-corrected chi connectivity index (χ4v) is 4.61. The largest absolute Gasteiger partial charge is 0.469 e. The van der Waals surface area contributed by atoms with E-state index in [0.29, 0.717) is 10.4 Å². The zero-order chi connectivity index (χ0) is 20.4. The number of pyridine rings is 1. The van der Waals surface area contributed by atoms with E-state index < -0.39 is 0 Å². The number of thioether (sulfide) groups is 1. The summed E-state index contributed by atoms with van der Waals surface area (Å²) in [5.74, 6) is 0.615. The number of methoxy groups -OCH3 is 1. The second-order valence-electron chi connectivity index (χ2n) is 6.77. The minimum Gasteiger partial charge on any atom is -0.469 e. The van der Waals surface area contributed by atoms with E-state index in [9.17, 15) is 9.59 Å². The summed E-state index contributed by atoms with van der Waals surface area (Å²) in [5.41, 5.74) is 0.631. The number of hydrogen-bond donors (Lipinski definition) is 0. The highest BCUT2D eigenvalue weighted by Gasteiger charge is 2.17. The topological polar surface area (TPSA) is 59.5 Å². The molecule has 0 aliphatic carbocycles. The van der Waals surface area contributed by atoms with Crippen molar-refractivity contribution in [3.05, 3.63) is 45.8 Å². The molecule has 5 nitrogen and oxygen atoms in total. The molecule has 0 N–H and O–H groups in total. The molecule has 2 aromatic rings. The van der Waals surface area contributed by atoms with Crippen LogP contribution in [0, 0.1) is 0 Å². The fraction of sp³-hybridized carbons (Fsp3) is 0.476. The van der Waals surface area contributed by atoms with E-state index in [-0.39, 0.29) is 18.2 Å². The van der Waals surface area contributed by atoms with Gasteiger partial charge in [0.15, 0.2) is 0 Å². The van der Waals surface area contributed by atoms with Crippen molar-refractivity contribution in [2.45, 2.75) is 37.1 Å². The van der Waals surface area contributed by atoms with Crippen LogP contribution in [0.4, 0.5) is 0 Å². The highest BCUT2D eigenvalue weighted by Crippen LogP contribution is 2.27. The van der Waals surface area contributed by atoms with Crippen LogP contribution in [0.15, 0.2) is 35.5 Å². The van der Waals surface area contributed by atoms with Gasteiger partial charge in [-0.1, -0.05) is 12.8 Å². The Morgan fingerprint density at radius 1 is 1.14 bits per heavy atom. The molecule has 2 rings (SSSR count). The van der Waals surface area contributed by atoms with Gasteiger partial charge in [0.1, 0.15) is 5.03 Å². The fourth-order valence-electron chi connectivity index (χ4n) is 2.67. The molecule has 0 bridgehead atoms. The number of ketones is 1. The zero-order valence-corrected chi connectivity index (χ0v) is 18.4. The molecule has 0 spiro atoms. The summed E-state index contributed by atoms with van der Waals surface area (Å²) < 4.78 is 4.69. The average molecular weight is 421 g/mol. The van der Waals surface area contributed by atoms with Gasteiger partial charge >= 0.3 is 5.97 Å². The summed E-state index contributed by atoms with van der Waals surface area (Å²) in [4.78, 5) is 32.4. The number of carbonyl (C=O) groups excluding carboxylic acids is 2. The molecule has 2 heterocycles. The lowest BCUT2D eigenvalue weighted by Crippen LogP contribution is -2.12. The molecule has 0 atom stereocenters. The molecular formula is C21H28N2O3S2. The Morgan fingerprint density at radius 2 is 1.93 bits per heavy atom. The molecular weight excluding hydrogens is 392 g/mol. The van der Waals surface area contributed by atoms with Gasteiger partial charge < -0.3 is 9.64 Å². The third-order valence-corrected chi connectivity index (χ3v) is 6.36. The lowest BCUT2D eigenvalue weighted by molar-refractivity contribution is -0.139. The van der Waals surface area contributed by atoms with Crippen LogP contribution in [0.5, 0.6) is 0 Å².